The van der Waals surface area contributed by atoms with E-state index < -0.39 is 11.7 Å². The zero-order valence-corrected chi connectivity index (χ0v) is 19.3. The molecule has 0 aliphatic heterocycles. The number of halogens is 3. The minimum atomic E-state index is -0.504. The molecule has 0 aliphatic rings. The average Bonchev–Trinajstić information content (AvgIpc) is 2.44. The number of hydrogen-bond donors (Lipinski definition) is 3. The van der Waals surface area contributed by atoms with E-state index in [1.165, 1.54) is 0 Å². The predicted octanol–water partition coefficient (Wildman–Crippen LogP) is 4.49. The first-order chi connectivity index (χ1) is 11.6. The van der Waals surface area contributed by atoms with Crippen molar-refractivity contribution in [1.82, 2.24) is 10.6 Å². The fraction of sp³-hybridized carbons (Fsp3) is 0.529. The van der Waals surface area contributed by atoms with Crippen molar-refractivity contribution in [1.29, 1.82) is 0 Å². The zero-order chi connectivity index (χ0) is 19.0. The topological polar surface area (TPSA) is 88.7 Å². The maximum atomic E-state index is 11.5. The number of carbonyl (C=O) groups is 1. The number of benzene rings is 1. The summed E-state index contributed by atoms with van der Waals surface area (Å²) in [5, 5.41) is 6.90. The number of carbonyl (C=O) groups excluding carboxylic acids is 1. The van der Waals surface area contributed by atoms with Crippen molar-refractivity contribution in [2.24, 2.45) is 10.7 Å². The number of aliphatic imine (C=N–C) groups is 1. The number of nitrogens with two attached hydrogens (primary N) is 1. The molecule has 1 aromatic rings. The summed E-state index contributed by atoms with van der Waals surface area (Å²) in [6, 6.07) is 5.21. The Hall–Kier alpha value is -0.930. The first-order valence-corrected chi connectivity index (χ1v) is 8.82. The van der Waals surface area contributed by atoms with Gasteiger partial charge in [0, 0.05) is 23.1 Å². The van der Waals surface area contributed by atoms with Crippen LogP contribution in [0, 0.1) is 0 Å². The second-order valence-electron chi connectivity index (χ2n) is 6.58. The van der Waals surface area contributed by atoms with Crippen molar-refractivity contribution in [3.63, 3.8) is 0 Å². The molecule has 0 spiro atoms. The lowest BCUT2D eigenvalue weighted by atomic mass is 10.1. The van der Waals surface area contributed by atoms with E-state index in [0.717, 1.165) is 5.56 Å². The summed E-state index contributed by atoms with van der Waals surface area (Å²) in [7, 11) is 0. The molecule has 0 heterocycles. The summed E-state index contributed by atoms with van der Waals surface area (Å²) in [4.78, 5) is 15.7. The van der Waals surface area contributed by atoms with Gasteiger partial charge < -0.3 is 21.1 Å². The van der Waals surface area contributed by atoms with Crippen molar-refractivity contribution in [2.75, 3.05) is 13.1 Å². The number of guanidine groups is 1. The Balaban J connectivity index is 0.00000625. The van der Waals surface area contributed by atoms with Crippen molar-refractivity contribution in [2.45, 2.75) is 45.8 Å². The number of ether oxygens (including phenoxy) is 1. The van der Waals surface area contributed by atoms with Crippen LogP contribution in [0.3, 0.4) is 0 Å². The highest BCUT2D eigenvalue weighted by Crippen LogP contribution is 2.25. The molecule has 4 N–H and O–H groups in total. The lowest BCUT2D eigenvalue weighted by molar-refractivity contribution is 0.0527. The van der Waals surface area contributed by atoms with Gasteiger partial charge in [-0.1, -0.05) is 29.3 Å². The van der Waals surface area contributed by atoms with Crippen LogP contribution < -0.4 is 16.4 Å². The molecule has 148 valence electrons. The van der Waals surface area contributed by atoms with Gasteiger partial charge in [-0.25, -0.2) is 4.79 Å². The van der Waals surface area contributed by atoms with Gasteiger partial charge in [-0.3, -0.25) is 4.99 Å². The average molecular weight is 517 g/mol. The third-order valence-corrected chi connectivity index (χ3v) is 3.64. The lowest BCUT2D eigenvalue weighted by Gasteiger charge is -2.19. The summed E-state index contributed by atoms with van der Waals surface area (Å²) >= 11 is 12.1. The van der Waals surface area contributed by atoms with Crippen LogP contribution in [0.5, 0.6) is 0 Å². The zero-order valence-electron chi connectivity index (χ0n) is 15.4. The summed E-state index contributed by atoms with van der Waals surface area (Å²) in [5.41, 5.74) is 6.26. The number of amides is 1. The Morgan fingerprint density at radius 3 is 2.58 bits per heavy atom. The molecule has 0 fully saturated rings. The van der Waals surface area contributed by atoms with Crippen LogP contribution in [-0.4, -0.2) is 30.7 Å². The van der Waals surface area contributed by atoms with E-state index in [0.29, 0.717) is 35.5 Å². The smallest absolute Gasteiger partial charge is 0.407 e. The van der Waals surface area contributed by atoms with Gasteiger partial charge in [-0.05, 0) is 51.8 Å². The molecule has 1 aromatic carbocycles. The van der Waals surface area contributed by atoms with Crippen molar-refractivity contribution in [3.8, 4) is 0 Å². The van der Waals surface area contributed by atoms with E-state index in [9.17, 15) is 4.79 Å². The lowest BCUT2D eigenvalue weighted by Crippen LogP contribution is -2.35. The summed E-state index contributed by atoms with van der Waals surface area (Å²) < 4.78 is 5.14. The quantitative estimate of drug-likeness (QED) is 0.225. The van der Waals surface area contributed by atoms with Crippen LogP contribution in [-0.2, 0) is 4.74 Å². The Morgan fingerprint density at radius 1 is 1.35 bits per heavy atom. The molecule has 9 heteroatoms. The molecule has 1 rings (SSSR count). The van der Waals surface area contributed by atoms with E-state index >= 15 is 0 Å². The molecule has 1 unspecified atom stereocenters. The Bertz CT molecular complexity index is 621. The third kappa shape index (κ3) is 10.3. The predicted molar refractivity (Wildman–Crippen MR) is 119 cm³/mol. The number of nitrogens with one attached hydrogen (secondary N) is 2. The Morgan fingerprint density at radius 2 is 2.00 bits per heavy atom. The molecule has 1 atom stereocenters. The summed E-state index contributed by atoms with van der Waals surface area (Å²) in [5.74, 6) is 0.316. The number of hydrogen-bond acceptors (Lipinski definition) is 3. The number of alkyl carbamates (subject to hydrolysis) is 1. The molecule has 0 saturated carbocycles. The Labute approximate surface area is 182 Å². The van der Waals surface area contributed by atoms with Crippen LogP contribution in [0.15, 0.2) is 23.2 Å². The van der Waals surface area contributed by atoms with Gasteiger partial charge in [-0.2, -0.15) is 0 Å². The molecule has 26 heavy (non-hydrogen) atoms. The highest BCUT2D eigenvalue weighted by atomic mass is 127. The van der Waals surface area contributed by atoms with Gasteiger partial charge in [0.05, 0.1) is 6.04 Å². The largest absolute Gasteiger partial charge is 0.444 e. The van der Waals surface area contributed by atoms with Crippen molar-refractivity contribution < 1.29 is 9.53 Å². The van der Waals surface area contributed by atoms with Gasteiger partial charge in [-0.15, -0.1) is 24.0 Å². The maximum Gasteiger partial charge on any atom is 0.407 e. The van der Waals surface area contributed by atoms with Crippen LogP contribution >= 0.6 is 47.2 Å². The number of rotatable bonds is 6. The highest BCUT2D eigenvalue weighted by molar-refractivity contribution is 14.0. The number of nitrogens with zero attached hydrogens (tertiary/aromatic N) is 1. The van der Waals surface area contributed by atoms with Gasteiger partial charge in [0.15, 0.2) is 5.96 Å². The monoisotopic (exact) mass is 516 g/mol. The van der Waals surface area contributed by atoms with E-state index in [1.807, 2.05) is 33.8 Å². The molecular weight excluding hydrogens is 490 g/mol. The third-order valence-electron chi connectivity index (χ3n) is 3.08. The van der Waals surface area contributed by atoms with Crippen LogP contribution in [0.4, 0.5) is 4.79 Å². The molecular formula is C17H27Cl2IN4O2. The normalized spacial score (nSPS) is 12.8. The minimum absolute atomic E-state index is 0. The first-order valence-electron chi connectivity index (χ1n) is 8.07. The maximum absolute atomic E-state index is 11.5. The second kappa shape index (κ2) is 11.7. The van der Waals surface area contributed by atoms with Crippen LogP contribution in [0.25, 0.3) is 0 Å². The van der Waals surface area contributed by atoms with Crippen LogP contribution in [0.2, 0.25) is 10.0 Å². The molecule has 1 amide bonds. The van der Waals surface area contributed by atoms with E-state index in [4.69, 9.17) is 33.7 Å². The van der Waals surface area contributed by atoms with Crippen molar-refractivity contribution in [3.05, 3.63) is 33.8 Å². The SMILES string of the molecule is CC(NC(N)=NCCCNC(=O)OC(C)(C)C)c1ccc(Cl)cc1Cl.I. The molecule has 0 aromatic heterocycles. The van der Waals surface area contributed by atoms with Gasteiger partial charge in [0.1, 0.15) is 5.60 Å². The van der Waals surface area contributed by atoms with Crippen molar-refractivity contribution >= 4 is 59.2 Å². The molecule has 0 saturated heterocycles. The second-order valence-corrected chi connectivity index (χ2v) is 7.42. The van der Waals surface area contributed by atoms with Gasteiger partial charge in [0.2, 0.25) is 0 Å². The van der Waals surface area contributed by atoms with Crippen LogP contribution in [0.1, 0.15) is 45.7 Å². The highest BCUT2D eigenvalue weighted by Gasteiger charge is 2.15. The first kappa shape index (κ1) is 25.1. The standard InChI is InChI=1S/C17H26Cl2N4O2.HI/c1-11(13-7-6-12(18)10-14(13)19)23-15(20)21-8-5-9-22-16(24)25-17(2,3)4;/h6-7,10-11H,5,8-9H2,1-4H3,(H,22,24)(H3,20,21,23);1H. The van der Waals surface area contributed by atoms with Gasteiger partial charge in [0.25, 0.3) is 0 Å². The van der Waals surface area contributed by atoms with E-state index in [-0.39, 0.29) is 30.0 Å². The molecule has 0 radical (unpaired) electrons. The molecule has 6 nitrogen and oxygen atoms in total. The van der Waals surface area contributed by atoms with E-state index in [2.05, 4.69) is 15.6 Å². The fourth-order valence-corrected chi connectivity index (χ4v) is 2.55. The molecule has 0 aliphatic carbocycles. The van der Waals surface area contributed by atoms with E-state index in [1.54, 1.807) is 12.1 Å². The molecule has 0 bridgehead atoms. The fourth-order valence-electron chi connectivity index (χ4n) is 1.98. The summed E-state index contributed by atoms with van der Waals surface area (Å²) in [6.07, 6.45) is 0.214. The Kier molecular flexibility index (Phi) is 11.3. The summed E-state index contributed by atoms with van der Waals surface area (Å²) in [6.45, 7) is 8.33. The minimum Gasteiger partial charge on any atom is -0.444 e. The van der Waals surface area contributed by atoms with Gasteiger partial charge >= 0.3 is 6.09 Å².